The Morgan fingerprint density at radius 1 is 1.50 bits per heavy atom. The number of carbonyl (C=O) groups excluding carboxylic acids is 1. The van der Waals surface area contributed by atoms with Crippen LogP contribution >= 0.6 is 47.2 Å². The summed E-state index contributed by atoms with van der Waals surface area (Å²) in [7, 11) is -1.07. The summed E-state index contributed by atoms with van der Waals surface area (Å²) in [5, 5.41) is 16.1. The molecule has 6 nitrogen and oxygen atoms in total. The van der Waals surface area contributed by atoms with Gasteiger partial charge >= 0.3 is 13.2 Å². The van der Waals surface area contributed by atoms with Crippen LogP contribution in [0.3, 0.4) is 0 Å². The van der Waals surface area contributed by atoms with Gasteiger partial charge in [0.2, 0.25) is 0 Å². The van der Waals surface area contributed by atoms with Crippen molar-refractivity contribution in [2.24, 2.45) is 0 Å². The molecule has 1 amide bonds. The molecule has 0 atom stereocenters. The third-order valence-electron chi connectivity index (χ3n) is 3.22. The van der Waals surface area contributed by atoms with Gasteiger partial charge in [0.15, 0.2) is 0 Å². The van der Waals surface area contributed by atoms with Crippen molar-refractivity contribution in [1.82, 2.24) is 5.32 Å². The van der Waals surface area contributed by atoms with Gasteiger partial charge in [0.25, 0.3) is 0 Å². The summed E-state index contributed by atoms with van der Waals surface area (Å²) in [4.78, 5) is 11.6. The van der Waals surface area contributed by atoms with Gasteiger partial charge in [0.05, 0.1) is 22.3 Å². The van der Waals surface area contributed by atoms with Crippen molar-refractivity contribution in [3.8, 4) is 0 Å². The van der Waals surface area contributed by atoms with Crippen molar-refractivity contribution >= 4 is 75.9 Å². The van der Waals surface area contributed by atoms with E-state index in [2.05, 4.69) is 10.6 Å². The molecule has 1 heterocycles. The number of nitrogens with one attached hydrogen (secondary N) is 2. The number of thiocarbonyl (C=S) groups is 1. The van der Waals surface area contributed by atoms with Gasteiger partial charge in [-0.25, -0.2) is 4.79 Å². The van der Waals surface area contributed by atoms with Crippen molar-refractivity contribution in [3.63, 3.8) is 0 Å². The second-order valence-electron chi connectivity index (χ2n) is 6.47. The van der Waals surface area contributed by atoms with Gasteiger partial charge in [-0.05, 0) is 32.4 Å². The minimum absolute atomic E-state index is 0.256. The van der Waals surface area contributed by atoms with Gasteiger partial charge in [-0.15, -0.1) is 0 Å². The highest BCUT2D eigenvalue weighted by molar-refractivity contribution is 8.23. The maximum absolute atomic E-state index is 11.6. The summed E-state index contributed by atoms with van der Waals surface area (Å²) < 4.78 is 10.7. The quantitative estimate of drug-likeness (QED) is 0.380. The molecule has 142 valence electrons. The number of benzene rings is 1. The van der Waals surface area contributed by atoms with Crippen molar-refractivity contribution < 1.29 is 19.2 Å². The zero-order valence-electron chi connectivity index (χ0n) is 14.5. The first kappa shape index (κ1) is 21.6. The molecule has 0 spiro atoms. The van der Waals surface area contributed by atoms with Crippen molar-refractivity contribution in [2.45, 2.75) is 33.0 Å². The Morgan fingerprint density at radius 3 is 2.85 bits per heavy atom. The molecular weight excluding hydrogens is 418 g/mol. The lowest BCUT2D eigenvalue weighted by Gasteiger charge is -2.19. The van der Waals surface area contributed by atoms with E-state index in [4.69, 9.17) is 44.8 Å². The number of alkyl carbamates (subject to hydrolysis) is 1. The van der Waals surface area contributed by atoms with E-state index in [0.717, 1.165) is 5.56 Å². The lowest BCUT2D eigenvalue weighted by atomic mass is 9.79. The monoisotopic (exact) mass is 436 g/mol. The van der Waals surface area contributed by atoms with E-state index in [1.807, 2.05) is 0 Å². The molecule has 0 aliphatic carbocycles. The van der Waals surface area contributed by atoms with Crippen LogP contribution in [0.5, 0.6) is 0 Å². The molecular formula is C15H19BCl2N2O4S2. The maximum atomic E-state index is 11.6. The van der Waals surface area contributed by atoms with E-state index in [-0.39, 0.29) is 11.6 Å². The Kier molecular flexibility index (Phi) is 7.47. The van der Waals surface area contributed by atoms with Crippen LogP contribution < -0.4 is 16.1 Å². The smallest absolute Gasteiger partial charge is 0.444 e. The topological polar surface area (TPSA) is 79.8 Å². The lowest BCUT2D eigenvalue weighted by molar-refractivity contribution is 0.0531. The summed E-state index contributed by atoms with van der Waals surface area (Å²) in [6.45, 7) is 6.04. The van der Waals surface area contributed by atoms with Crippen LogP contribution in [0.25, 0.3) is 0 Å². The second kappa shape index (κ2) is 8.99. The van der Waals surface area contributed by atoms with Gasteiger partial charge in [-0.3, -0.25) is 0 Å². The zero-order chi connectivity index (χ0) is 19.5. The van der Waals surface area contributed by atoms with Crippen LogP contribution in [0.1, 0.15) is 26.3 Å². The van der Waals surface area contributed by atoms with Gasteiger partial charge in [-0.2, -0.15) is 0 Å². The van der Waals surface area contributed by atoms with E-state index in [9.17, 15) is 9.82 Å². The van der Waals surface area contributed by atoms with E-state index in [0.29, 0.717) is 32.8 Å². The normalized spacial score (nSPS) is 13.4. The van der Waals surface area contributed by atoms with Crippen molar-refractivity contribution in [2.75, 3.05) is 17.6 Å². The van der Waals surface area contributed by atoms with Crippen LogP contribution in [-0.4, -0.2) is 40.5 Å². The molecule has 1 aromatic rings. The molecule has 0 fully saturated rings. The van der Waals surface area contributed by atoms with Gasteiger partial charge in [-0.1, -0.05) is 47.2 Å². The molecule has 0 aromatic heterocycles. The third kappa shape index (κ3) is 5.90. The number of thioether (sulfide) groups is 1. The number of hydrogen-bond acceptors (Lipinski definition) is 6. The number of ether oxygens (including phenoxy) is 1. The Morgan fingerprint density at radius 2 is 2.19 bits per heavy atom. The number of fused-ring (bicyclic) bond motifs is 1. The number of hydrogen-bond donors (Lipinski definition) is 3. The minimum Gasteiger partial charge on any atom is -0.444 e. The van der Waals surface area contributed by atoms with Gasteiger partial charge in [0, 0.05) is 17.8 Å². The number of halogens is 2. The zero-order valence-corrected chi connectivity index (χ0v) is 17.7. The molecule has 2 rings (SSSR count). The predicted octanol–water partition coefficient (Wildman–Crippen LogP) is 3.17. The molecule has 1 aliphatic heterocycles. The van der Waals surface area contributed by atoms with Crippen LogP contribution in [0.4, 0.5) is 10.5 Å². The lowest BCUT2D eigenvalue weighted by Crippen LogP contribution is -2.33. The molecule has 3 N–H and O–H groups in total. The fraction of sp³-hybridized carbons (Fsp3) is 0.467. The van der Waals surface area contributed by atoms with E-state index in [1.54, 1.807) is 26.8 Å². The molecule has 0 radical (unpaired) electrons. The van der Waals surface area contributed by atoms with Crippen molar-refractivity contribution in [3.05, 3.63) is 21.7 Å². The van der Waals surface area contributed by atoms with E-state index in [1.165, 1.54) is 11.8 Å². The first-order valence-corrected chi connectivity index (χ1v) is 9.94. The highest BCUT2D eigenvalue weighted by atomic mass is 35.5. The van der Waals surface area contributed by atoms with Gasteiger partial charge in [0.1, 0.15) is 9.92 Å². The molecule has 1 aromatic carbocycles. The molecule has 0 bridgehead atoms. The summed E-state index contributed by atoms with van der Waals surface area (Å²) in [5.41, 5.74) is 1.13. The summed E-state index contributed by atoms with van der Waals surface area (Å²) >= 11 is 19.2. The Balaban J connectivity index is 1.86. The standard InChI is InChI=1S/C15H19BCl2N2O4S2/c1-15(2,3)24-13(21)19-4-5-26-14(25)20-12-9(17)6-8-7-23-16(22)10(8)11(12)18/h6,22H,4-5,7H2,1-3H3,(H,19,21)(H,20,25). The largest absolute Gasteiger partial charge is 0.493 e. The highest BCUT2D eigenvalue weighted by Crippen LogP contribution is 2.33. The maximum Gasteiger partial charge on any atom is 0.493 e. The van der Waals surface area contributed by atoms with Crippen LogP contribution in [0, 0.1) is 0 Å². The van der Waals surface area contributed by atoms with Crippen molar-refractivity contribution in [1.29, 1.82) is 0 Å². The average Bonchev–Trinajstić information content (AvgIpc) is 2.87. The highest BCUT2D eigenvalue weighted by Gasteiger charge is 2.32. The van der Waals surface area contributed by atoms with Crippen LogP contribution in [0.2, 0.25) is 10.0 Å². The fourth-order valence-electron chi connectivity index (χ4n) is 2.19. The SMILES string of the molecule is CC(C)(C)OC(=O)NCCSC(=S)Nc1c(Cl)cc2c(c1Cl)B(O)OC2. The summed E-state index contributed by atoms with van der Waals surface area (Å²) in [6, 6.07) is 1.69. The van der Waals surface area contributed by atoms with E-state index < -0.39 is 18.8 Å². The predicted molar refractivity (Wildman–Crippen MR) is 112 cm³/mol. The molecule has 26 heavy (non-hydrogen) atoms. The number of amides is 1. The van der Waals surface area contributed by atoms with Gasteiger partial charge < -0.3 is 25.0 Å². The average molecular weight is 437 g/mol. The first-order chi connectivity index (χ1) is 12.1. The Labute approximate surface area is 172 Å². The number of carbonyl (C=O) groups is 1. The third-order valence-corrected chi connectivity index (χ3v) is 5.13. The first-order valence-electron chi connectivity index (χ1n) is 7.79. The van der Waals surface area contributed by atoms with Crippen LogP contribution in [-0.2, 0) is 16.0 Å². The summed E-state index contributed by atoms with van der Waals surface area (Å²) in [5.74, 6) is 0.539. The Bertz CT molecular complexity index is 716. The number of anilines is 1. The van der Waals surface area contributed by atoms with Crippen LogP contribution in [0.15, 0.2) is 6.07 Å². The molecule has 0 saturated heterocycles. The van der Waals surface area contributed by atoms with E-state index >= 15 is 0 Å². The molecule has 1 aliphatic rings. The molecule has 0 unspecified atom stereocenters. The molecule has 0 saturated carbocycles. The second-order valence-corrected chi connectivity index (χ2v) is 9.03. The minimum atomic E-state index is -1.07. The summed E-state index contributed by atoms with van der Waals surface area (Å²) in [6.07, 6.45) is -0.476. The molecule has 11 heteroatoms. The fourth-order valence-corrected chi connectivity index (χ4v) is 3.79. The number of rotatable bonds is 4. The Hall–Kier alpha value is -0.705.